The van der Waals surface area contributed by atoms with Crippen LogP contribution in [0.3, 0.4) is 0 Å². The van der Waals surface area contributed by atoms with Crippen molar-refractivity contribution in [1.29, 1.82) is 0 Å². The summed E-state index contributed by atoms with van der Waals surface area (Å²) in [5.41, 5.74) is 0. The maximum atomic E-state index is 12.6. The number of nitrogens with zero attached hydrogens (tertiary/aromatic N) is 1. The number of aromatic nitrogens is 1. The van der Waals surface area contributed by atoms with Crippen LogP contribution in [0.1, 0.15) is 0 Å². The number of para-hydroxylation sites is 1. The number of fused-ring (bicyclic) bond motifs is 1. The molecule has 0 fully saturated rings. The first-order chi connectivity index (χ1) is 13.1. The topological polar surface area (TPSA) is 80.3 Å². The minimum Gasteiger partial charge on any atom is -0.491 e. The minimum absolute atomic E-state index is 0.264. The van der Waals surface area contributed by atoms with Crippen molar-refractivity contribution >= 4 is 36.7 Å². The summed E-state index contributed by atoms with van der Waals surface area (Å²) < 4.78 is 34.3. The molecule has 0 spiro atoms. The van der Waals surface area contributed by atoms with Gasteiger partial charge in [0.2, 0.25) is 10.0 Å². The van der Waals surface area contributed by atoms with Crippen LogP contribution in [0.25, 0.3) is 10.8 Å². The highest BCUT2D eigenvalue weighted by Crippen LogP contribution is 2.23. The SMILES string of the molecule is O=S(=O)(NCCNCCOc1ccccc1Br)c1cccc2cnccc12. The lowest BCUT2D eigenvalue weighted by atomic mass is 10.2. The molecule has 0 aliphatic rings. The van der Waals surface area contributed by atoms with Gasteiger partial charge in [0.15, 0.2) is 0 Å². The summed E-state index contributed by atoms with van der Waals surface area (Å²) in [5.74, 6) is 0.783. The third kappa shape index (κ3) is 5.26. The number of sulfonamides is 1. The third-order valence-corrected chi connectivity index (χ3v) is 6.07. The first-order valence-electron chi connectivity index (χ1n) is 8.48. The molecule has 0 radical (unpaired) electrons. The Bertz CT molecular complexity index is 1010. The van der Waals surface area contributed by atoms with E-state index in [0.717, 1.165) is 15.6 Å². The number of benzene rings is 2. The van der Waals surface area contributed by atoms with Crippen LogP contribution in [0.15, 0.2) is 70.3 Å². The highest BCUT2D eigenvalue weighted by molar-refractivity contribution is 9.10. The molecule has 0 amide bonds. The van der Waals surface area contributed by atoms with Gasteiger partial charge >= 0.3 is 0 Å². The van der Waals surface area contributed by atoms with Crippen LogP contribution in [0.2, 0.25) is 0 Å². The molecule has 6 nitrogen and oxygen atoms in total. The molecule has 3 rings (SSSR count). The Labute approximate surface area is 167 Å². The summed E-state index contributed by atoms with van der Waals surface area (Å²) in [5, 5.41) is 4.62. The van der Waals surface area contributed by atoms with E-state index in [1.807, 2.05) is 30.3 Å². The molecule has 8 heteroatoms. The van der Waals surface area contributed by atoms with Crippen molar-refractivity contribution in [2.45, 2.75) is 4.90 Å². The van der Waals surface area contributed by atoms with Gasteiger partial charge in [-0.3, -0.25) is 4.98 Å². The van der Waals surface area contributed by atoms with Crippen molar-refractivity contribution in [3.63, 3.8) is 0 Å². The van der Waals surface area contributed by atoms with Gasteiger partial charge in [0, 0.05) is 42.8 Å². The molecule has 1 heterocycles. The fourth-order valence-electron chi connectivity index (χ4n) is 2.60. The number of ether oxygens (including phenoxy) is 1. The van der Waals surface area contributed by atoms with Gasteiger partial charge in [-0.1, -0.05) is 24.3 Å². The highest BCUT2D eigenvalue weighted by atomic mass is 79.9. The molecule has 0 unspecified atom stereocenters. The molecular formula is C19H20BrN3O3S. The number of pyridine rings is 1. The van der Waals surface area contributed by atoms with Gasteiger partial charge in [-0.05, 0) is 40.2 Å². The molecule has 142 valence electrons. The molecule has 0 aliphatic heterocycles. The van der Waals surface area contributed by atoms with Gasteiger partial charge in [-0.2, -0.15) is 0 Å². The Morgan fingerprint density at radius 1 is 1.00 bits per heavy atom. The average molecular weight is 450 g/mol. The summed E-state index contributed by atoms with van der Waals surface area (Å²) in [6.07, 6.45) is 3.25. The van der Waals surface area contributed by atoms with Gasteiger partial charge < -0.3 is 10.1 Å². The number of halogens is 1. The Kier molecular flexibility index (Phi) is 6.78. The van der Waals surface area contributed by atoms with E-state index < -0.39 is 10.0 Å². The van der Waals surface area contributed by atoms with Gasteiger partial charge in [-0.15, -0.1) is 0 Å². The quantitative estimate of drug-likeness (QED) is 0.490. The average Bonchev–Trinajstić information content (AvgIpc) is 2.68. The van der Waals surface area contributed by atoms with E-state index >= 15 is 0 Å². The highest BCUT2D eigenvalue weighted by Gasteiger charge is 2.16. The first-order valence-corrected chi connectivity index (χ1v) is 10.8. The van der Waals surface area contributed by atoms with E-state index in [4.69, 9.17) is 4.74 Å². The van der Waals surface area contributed by atoms with E-state index in [1.165, 1.54) is 0 Å². The number of rotatable bonds is 9. The van der Waals surface area contributed by atoms with Crippen LogP contribution in [0, 0.1) is 0 Å². The van der Waals surface area contributed by atoms with E-state index in [9.17, 15) is 8.42 Å². The van der Waals surface area contributed by atoms with Crippen molar-refractivity contribution in [3.05, 3.63) is 65.4 Å². The van der Waals surface area contributed by atoms with E-state index in [-0.39, 0.29) is 4.90 Å². The van der Waals surface area contributed by atoms with E-state index in [1.54, 1.807) is 30.6 Å². The summed E-state index contributed by atoms with van der Waals surface area (Å²) in [4.78, 5) is 4.29. The number of hydrogen-bond acceptors (Lipinski definition) is 5. The Hall–Kier alpha value is -2.00. The lowest BCUT2D eigenvalue weighted by Gasteiger charge is -2.11. The molecule has 0 bridgehead atoms. The minimum atomic E-state index is -3.58. The standard InChI is InChI=1S/C19H20BrN3O3S/c20-17-5-1-2-6-18(17)26-13-12-21-10-11-23-27(24,25)19-7-3-4-15-14-22-9-8-16(15)19/h1-9,14,21,23H,10-13H2. The summed E-state index contributed by atoms with van der Waals surface area (Å²) in [7, 11) is -3.58. The van der Waals surface area contributed by atoms with Crippen LogP contribution in [0.5, 0.6) is 5.75 Å². The van der Waals surface area contributed by atoms with Crippen molar-refractivity contribution in [3.8, 4) is 5.75 Å². The largest absolute Gasteiger partial charge is 0.491 e. The normalized spacial score (nSPS) is 11.6. The van der Waals surface area contributed by atoms with Crippen molar-refractivity contribution < 1.29 is 13.2 Å². The molecule has 0 atom stereocenters. The van der Waals surface area contributed by atoms with Gasteiger partial charge in [0.25, 0.3) is 0 Å². The van der Waals surface area contributed by atoms with E-state index in [0.29, 0.717) is 31.6 Å². The second-order valence-electron chi connectivity index (χ2n) is 5.78. The molecule has 0 aliphatic carbocycles. The molecule has 0 saturated heterocycles. The Morgan fingerprint density at radius 2 is 1.85 bits per heavy atom. The van der Waals surface area contributed by atoms with Crippen LogP contribution in [-0.4, -0.2) is 39.6 Å². The summed E-state index contributed by atoms with van der Waals surface area (Å²) in [6, 6.07) is 14.5. The Morgan fingerprint density at radius 3 is 2.70 bits per heavy atom. The zero-order valence-corrected chi connectivity index (χ0v) is 17.0. The lowest BCUT2D eigenvalue weighted by molar-refractivity contribution is 0.313. The molecule has 3 aromatic rings. The summed E-state index contributed by atoms with van der Waals surface area (Å²) in [6.45, 7) is 1.90. The molecule has 0 saturated carbocycles. The van der Waals surface area contributed by atoms with Gasteiger partial charge in [0.1, 0.15) is 12.4 Å². The lowest BCUT2D eigenvalue weighted by Crippen LogP contribution is -2.33. The zero-order chi connectivity index (χ0) is 19.1. The molecule has 27 heavy (non-hydrogen) atoms. The van der Waals surface area contributed by atoms with Gasteiger partial charge in [0.05, 0.1) is 9.37 Å². The van der Waals surface area contributed by atoms with E-state index in [2.05, 4.69) is 31.0 Å². The van der Waals surface area contributed by atoms with Crippen LogP contribution >= 0.6 is 15.9 Å². The number of hydrogen-bond donors (Lipinski definition) is 2. The Balaban J connectivity index is 1.45. The fraction of sp³-hybridized carbons (Fsp3) is 0.211. The second-order valence-corrected chi connectivity index (χ2v) is 8.37. The zero-order valence-electron chi connectivity index (χ0n) is 14.6. The smallest absolute Gasteiger partial charge is 0.241 e. The summed E-state index contributed by atoms with van der Waals surface area (Å²) >= 11 is 3.43. The maximum absolute atomic E-state index is 12.6. The number of nitrogens with one attached hydrogen (secondary N) is 2. The molecule has 2 N–H and O–H groups in total. The molecule has 1 aromatic heterocycles. The van der Waals surface area contributed by atoms with Crippen molar-refractivity contribution in [2.24, 2.45) is 0 Å². The molecular weight excluding hydrogens is 430 g/mol. The monoisotopic (exact) mass is 449 g/mol. The van der Waals surface area contributed by atoms with Crippen LogP contribution < -0.4 is 14.8 Å². The van der Waals surface area contributed by atoms with Gasteiger partial charge in [-0.25, -0.2) is 13.1 Å². The predicted molar refractivity (Wildman–Crippen MR) is 109 cm³/mol. The van der Waals surface area contributed by atoms with Crippen molar-refractivity contribution in [2.75, 3.05) is 26.2 Å². The third-order valence-electron chi connectivity index (χ3n) is 3.90. The predicted octanol–water partition coefficient (Wildman–Crippen LogP) is 2.94. The van der Waals surface area contributed by atoms with Crippen molar-refractivity contribution in [1.82, 2.24) is 15.0 Å². The van der Waals surface area contributed by atoms with Crippen LogP contribution in [0.4, 0.5) is 0 Å². The fourth-order valence-corrected chi connectivity index (χ4v) is 4.26. The first kappa shape index (κ1) is 19.8. The maximum Gasteiger partial charge on any atom is 0.241 e. The second kappa shape index (κ2) is 9.27. The molecule has 2 aromatic carbocycles. The van der Waals surface area contributed by atoms with Crippen LogP contribution in [-0.2, 0) is 10.0 Å².